The summed E-state index contributed by atoms with van der Waals surface area (Å²) in [5.41, 5.74) is 1.45. The minimum absolute atomic E-state index is 0.0659. The van der Waals surface area contributed by atoms with Gasteiger partial charge >= 0.3 is 0 Å². The molecule has 1 aromatic heterocycles. The van der Waals surface area contributed by atoms with Crippen molar-refractivity contribution in [3.05, 3.63) is 29.6 Å². The highest BCUT2D eigenvalue weighted by molar-refractivity contribution is 7.89. The van der Waals surface area contributed by atoms with Gasteiger partial charge in [0, 0.05) is 39.3 Å². The molecular formula is C19H25N7O4S. The van der Waals surface area contributed by atoms with Crippen LogP contribution in [0.5, 0.6) is 0 Å². The van der Waals surface area contributed by atoms with Crippen molar-refractivity contribution in [3.63, 3.8) is 0 Å². The Morgan fingerprint density at radius 2 is 1.94 bits per heavy atom. The molecule has 1 saturated heterocycles. The standard InChI is InChI=1S/C19H25N7O4S/c1-25(2)18-22-16(23-19(24-18)26-7-9-30-10-8-26)12-20-31(28,29)14-4-5-15-13(11-14)3-6-17(27)21-15/h4-5,11,20H,3,6-10,12H2,1-2H3,(H,21,27). The van der Waals surface area contributed by atoms with Gasteiger partial charge in [-0.1, -0.05) is 0 Å². The van der Waals surface area contributed by atoms with Crippen LogP contribution in [0.25, 0.3) is 0 Å². The van der Waals surface area contributed by atoms with Gasteiger partial charge in [0.25, 0.3) is 0 Å². The average Bonchev–Trinajstić information content (AvgIpc) is 2.77. The Bertz CT molecular complexity index is 1080. The van der Waals surface area contributed by atoms with Gasteiger partial charge in [0.1, 0.15) is 0 Å². The minimum atomic E-state index is -3.79. The van der Waals surface area contributed by atoms with E-state index in [0.29, 0.717) is 62.6 Å². The lowest BCUT2D eigenvalue weighted by Gasteiger charge is -2.27. The summed E-state index contributed by atoms with van der Waals surface area (Å²) < 4.78 is 33.7. The van der Waals surface area contributed by atoms with Crippen molar-refractivity contribution in [2.75, 3.05) is 55.5 Å². The molecule has 0 spiro atoms. The molecule has 0 atom stereocenters. The van der Waals surface area contributed by atoms with Gasteiger partial charge in [-0.3, -0.25) is 4.79 Å². The van der Waals surface area contributed by atoms with Crippen LogP contribution in [0, 0.1) is 0 Å². The van der Waals surface area contributed by atoms with E-state index >= 15 is 0 Å². The van der Waals surface area contributed by atoms with Crippen molar-refractivity contribution < 1.29 is 17.9 Å². The molecule has 0 unspecified atom stereocenters. The maximum atomic E-state index is 12.9. The summed E-state index contributed by atoms with van der Waals surface area (Å²) in [6.07, 6.45) is 0.847. The number of nitrogens with one attached hydrogen (secondary N) is 2. The maximum Gasteiger partial charge on any atom is 0.240 e. The lowest BCUT2D eigenvalue weighted by molar-refractivity contribution is -0.116. The van der Waals surface area contributed by atoms with Crippen LogP contribution in [0.4, 0.5) is 17.6 Å². The molecule has 0 aliphatic carbocycles. The van der Waals surface area contributed by atoms with E-state index in [1.54, 1.807) is 17.0 Å². The normalized spacial score (nSPS) is 16.6. The van der Waals surface area contributed by atoms with Gasteiger partial charge in [0.2, 0.25) is 27.8 Å². The molecule has 0 saturated carbocycles. The van der Waals surface area contributed by atoms with Crippen LogP contribution in [-0.2, 0) is 32.5 Å². The first kappa shape index (κ1) is 21.4. The molecule has 2 aliphatic heterocycles. The number of rotatable bonds is 6. The lowest BCUT2D eigenvalue weighted by atomic mass is 10.0. The largest absolute Gasteiger partial charge is 0.378 e. The topological polar surface area (TPSA) is 130 Å². The number of fused-ring (bicyclic) bond motifs is 1. The van der Waals surface area contributed by atoms with Crippen LogP contribution < -0.4 is 19.8 Å². The predicted molar refractivity (Wildman–Crippen MR) is 115 cm³/mol. The van der Waals surface area contributed by atoms with Crippen LogP contribution in [0.15, 0.2) is 23.1 Å². The number of carbonyl (C=O) groups is 1. The summed E-state index contributed by atoms with van der Waals surface area (Å²) in [5, 5.41) is 2.75. The number of hydrogen-bond acceptors (Lipinski definition) is 9. The molecule has 4 rings (SSSR count). The number of anilines is 3. The molecule has 1 fully saturated rings. The Labute approximate surface area is 180 Å². The molecule has 0 bridgehead atoms. The zero-order chi connectivity index (χ0) is 22.0. The molecule has 31 heavy (non-hydrogen) atoms. The van der Waals surface area contributed by atoms with E-state index in [4.69, 9.17) is 4.74 Å². The third-order valence-electron chi connectivity index (χ3n) is 5.05. The molecule has 1 amide bonds. The molecule has 3 heterocycles. The van der Waals surface area contributed by atoms with Gasteiger partial charge in [0.15, 0.2) is 5.82 Å². The van der Waals surface area contributed by atoms with Crippen molar-refractivity contribution >= 4 is 33.5 Å². The Balaban J connectivity index is 1.53. The van der Waals surface area contributed by atoms with Gasteiger partial charge in [-0.05, 0) is 30.2 Å². The second-order valence-electron chi connectivity index (χ2n) is 7.54. The third kappa shape index (κ3) is 4.92. The molecule has 2 aliphatic rings. The second-order valence-corrected chi connectivity index (χ2v) is 9.30. The lowest BCUT2D eigenvalue weighted by Crippen LogP contribution is -2.38. The van der Waals surface area contributed by atoms with E-state index < -0.39 is 10.0 Å². The van der Waals surface area contributed by atoms with Crippen molar-refractivity contribution in [1.82, 2.24) is 19.7 Å². The molecule has 11 nitrogen and oxygen atoms in total. The number of carbonyl (C=O) groups excluding carboxylic acids is 1. The van der Waals surface area contributed by atoms with E-state index in [-0.39, 0.29) is 17.3 Å². The third-order valence-corrected chi connectivity index (χ3v) is 6.45. The first-order valence-corrected chi connectivity index (χ1v) is 11.5. The highest BCUT2D eigenvalue weighted by Gasteiger charge is 2.22. The zero-order valence-electron chi connectivity index (χ0n) is 17.5. The predicted octanol–water partition coefficient (Wildman–Crippen LogP) is 0.137. The Morgan fingerprint density at radius 3 is 2.68 bits per heavy atom. The smallest absolute Gasteiger partial charge is 0.240 e. The Hall–Kier alpha value is -2.83. The highest BCUT2D eigenvalue weighted by Crippen LogP contribution is 2.25. The Kier molecular flexibility index (Phi) is 6.03. The number of ether oxygens (including phenoxy) is 1. The first-order valence-electron chi connectivity index (χ1n) is 9.99. The average molecular weight is 448 g/mol. The van der Waals surface area contributed by atoms with Crippen LogP contribution in [-0.4, -0.2) is 69.7 Å². The van der Waals surface area contributed by atoms with Crippen LogP contribution in [0.1, 0.15) is 17.8 Å². The Morgan fingerprint density at radius 1 is 1.16 bits per heavy atom. The molecule has 12 heteroatoms. The van der Waals surface area contributed by atoms with E-state index in [1.807, 2.05) is 19.0 Å². The summed E-state index contributed by atoms with van der Waals surface area (Å²) in [6, 6.07) is 4.68. The fourth-order valence-electron chi connectivity index (χ4n) is 3.35. The van der Waals surface area contributed by atoms with Crippen molar-refractivity contribution in [2.24, 2.45) is 0 Å². The van der Waals surface area contributed by atoms with Crippen LogP contribution >= 0.6 is 0 Å². The second kappa shape index (κ2) is 8.73. The number of sulfonamides is 1. The highest BCUT2D eigenvalue weighted by atomic mass is 32.2. The number of hydrogen-bond donors (Lipinski definition) is 2. The number of amides is 1. The molecule has 166 valence electrons. The summed E-state index contributed by atoms with van der Waals surface area (Å²) in [5.74, 6) is 1.22. The van der Waals surface area contributed by atoms with Crippen LogP contribution in [0.2, 0.25) is 0 Å². The molecule has 0 radical (unpaired) electrons. The maximum absolute atomic E-state index is 12.9. The summed E-state index contributed by atoms with van der Waals surface area (Å²) in [7, 11) is -0.151. The van der Waals surface area contributed by atoms with Gasteiger partial charge < -0.3 is 19.9 Å². The van der Waals surface area contributed by atoms with Gasteiger partial charge in [-0.25, -0.2) is 13.1 Å². The van der Waals surface area contributed by atoms with E-state index in [2.05, 4.69) is 25.0 Å². The van der Waals surface area contributed by atoms with Crippen molar-refractivity contribution in [2.45, 2.75) is 24.3 Å². The van der Waals surface area contributed by atoms with E-state index in [1.165, 1.54) is 6.07 Å². The number of morpholine rings is 1. The zero-order valence-corrected chi connectivity index (χ0v) is 18.3. The van der Waals surface area contributed by atoms with Crippen molar-refractivity contribution in [1.29, 1.82) is 0 Å². The fraction of sp³-hybridized carbons (Fsp3) is 0.474. The molecule has 2 aromatic rings. The number of benzene rings is 1. The first-order chi connectivity index (χ1) is 14.8. The monoisotopic (exact) mass is 447 g/mol. The number of aryl methyl sites for hydroxylation is 1. The van der Waals surface area contributed by atoms with E-state index in [9.17, 15) is 13.2 Å². The molecule has 1 aromatic carbocycles. The van der Waals surface area contributed by atoms with Crippen LogP contribution in [0.3, 0.4) is 0 Å². The minimum Gasteiger partial charge on any atom is -0.378 e. The molecular weight excluding hydrogens is 422 g/mol. The summed E-state index contributed by atoms with van der Waals surface area (Å²) in [6.45, 7) is 2.42. The molecule has 2 N–H and O–H groups in total. The van der Waals surface area contributed by atoms with Gasteiger partial charge in [-0.2, -0.15) is 15.0 Å². The van der Waals surface area contributed by atoms with Gasteiger partial charge in [0.05, 0.1) is 24.7 Å². The van der Waals surface area contributed by atoms with Gasteiger partial charge in [-0.15, -0.1) is 0 Å². The SMILES string of the molecule is CN(C)c1nc(CNS(=O)(=O)c2ccc3c(c2)CCC(=O)N3)nc(N2CCOCC2)n1. The number of nitrogens with zero attached hydrogens (tertiary/aromatic N) is 5. The fourth-order valence-corrected chi connectivity index (χ4v) is 4.38. The summed E-state index contributed by atoms with van der Waals surface area (Å²) >= 11 is 0. The van der Waals surface area contributed by atoms with E-state index in [0.717, 1.165) is 5.56 Å². The number of aromatic nitrogens is 3. The quantitative estimate of drug-likeness (QED) is 0.635. The summed E-state index contributed by atoms with van der Waals surface area (Å²) in [4.78, 5) is 28.7. The van der Waals surface area contributed by atoms with Crippen molar-refractivity contribution in [3.8, 4) is 0 Å².